The van der Waals surface area contributed by atoms with Gasteiger partial charge >= 0.3 is 0 Å². The summed E-state index contributed by atoms with van der Waals surface area (Å²) in [4.78, 5) is 0. The van der Waals surface area contributed by atoms with Crippen molar-refractivity contribution >= 4 is 27.5 Å². The third-order valence-corrected chi connectivity index (χ3v) is 3.06. The molecule has 3 N–H and O–H groups in total. The van der Waals surface area contributed by atoms with Gasteiger partial charge in [0.25, 0.3) is 0 Å². The molecule has 2 atom stereocenters. The monoisotopic (exact) mass is 308 g/mol. The second-order valence-corrected chi connectivity index (χ2v) is 4.72. The molecule has 0 bridgehead atoms. The van der Waals surface area contributed by atoms with Crippen LogP contribution >= 0.6 is 27.5 Å². The molecule has 3 nitrogen and oxygen atoms in total. The van der Waals surface area contributed by atoms with E-state index in [0.29, 0.717) is 27.9 Å². The van der Waals surface area contributed by atoms with Gasteiger partial charge in [-0.15, -0.1) is 0 Å². The number of halogens is 2. The Morgan fingerprint density at radius 1 is 1.31 bits per heavy atom. The van der Waals surface area contributed by atoms with Gasteiger partial charge in [-0.3, -0.25) is 0 Å². The van der Waals surface area contributed by atoms with E-state index in [9.17, 15) is 10.2 Å². The Morgan fingerprint density at radius 2 is 2.00 bits per heavy atom. The molecule has 16 heavy (non-hydrogen) atoms. The van der Waals surface area contributed by atoms with E-state index in [2.05, 4.69) is 15.9 Å². The maximum absolute atomic E-state index is 9.90. The molecular formula is C11H14BrClO3. The first-order valence-corrected chi connectivity index (χ1v) is 6.41. The van der Waals surface area contributed by atoms with Gasteiger partial charge in [0.15, 0.2) is 0 Å². The van der Waals surface area contributed by atoms with Gasteiger partial charge in [0, 0.05) is 10.4 Å². The Hall–Kier alpha value is -0.130. The molecule has 0 radical (unpaired) electrons. The number of rotatable bonds is 5. The molecule has 1 aromatic rings. The molecule has 0 aliphatic rings. The standard InChI is InChI=1S/C11H14BrClO3/c12-4-3-10(15)11(16)9-2-1-8(13)5-7(9)6-14/h1-2,5,10-11,14-16H,3-4,6H2. The van der Waals surface area contributed by atoms with E-state index in [1.165, 1.54) is 0 Å². The number of benzene rings is 1. The lowest BCUT2D eigenvalue weighted by molar-refractivity contribution is 0.0162. The third kappa shape index (κ3) is 3.43. The summed E-state index contributed by atoms with van der Waals surface area (Å²) in [5, 5.41) is 29.8. The zero-order valence-electron chi connectivity index (χ0n) is 8.61. The Labute approximate surface area is 108 Å². The van der Waals surface area contributed by atoms with Crippen LogP contribution in [0.3, 0.4) is 0 Å². The zero-order valence-corrected chi connectivity index (χ0v) is 10.9. The Balaban J connectivity index is 2.93. The summed E-state index contributed by atoms with van der Waals surface area (Å²) in [6.45, 7) is -0.214. The molecule has 0 spiro atoms. The van der Waals surface area contributed by atoms with Crippen LogP contribution in [0.5, 0.6) is 0 Å². The average molecular weight is 310 g/mol. The molecule has 0 aliphatic carbocycles. The predicted octanol–water partition coefficient (Wildman–Crippen LogP) is 2.01. The average Bonchev–Trinajstić information content (AvgIpc) is 2.28. The minimum atomic E-state index is -1.00. The van der Waals surface area contributed by atoms with Crippen LogP contribution in [0.2, 0.25) is 5.02 Å². The minimum absolute atomic E-state index is 0.214. The summed E-state index contributed by atoms with van der Waals surface area (Å²) in [6, 6.07) is 4.83. The van der Waals surface area contributed by atoms with Crippen LogP contribution in [0.4, 0.5) is 0 Å². The molecule has 1 aromatic carbocycles. The Morgan fingerprint density at radius 3 is 2.56 bits per heavy atom. The van der Waals surface area contributed by atoms with Crippen LogP contribution in [0.1, 0.15) is 23.7 Å². The van der Waals surface area contributed by atoms with Crippen molar-refractivity contribution < 1.29 is 15.3 Å². The van der Waals surface area contributed by atoms with E-state index in [0.717, 1.165) is 0 Å². The molecule has 0 aliphatic heterocycles. The number of alkyl halides is 1. The fourth-order valence-electron chi connectivity index (χ4n) is 1.48. The van der Waals surface area contributed by atoms with Gasteiger partial charge in [-0.25, -0.2) is 0 Å². The van der Waals surface area contributed by atoms with Gasteiger partial charge in [-0.2, -0.15) is 0 Å². The SMILES string of the molecule is OCc1cc(Cl)ccc1C(O)C(O)CCBr. The van der Waals surface area contributed by atoms with Gasteiger partial charge in [0.1, 0.15) is 6.10 Å². The molecule has 2 unspecified atom stereocenters. The van der Waals surface area contributed by atoms with Crippen molar-refractivity contribution in [3.8, 4) is 0 Å². The molecule has 0 saturated heterocycles. The third-order valence-electron chi connectivity index (χ3n) is 2.36. The largest absolute Gasteiger partial charge is 0.392 e. The zero-order chi connectivity index (χ0) is 12.1. The minimum Gasteiger partial charge on any atom is -0.392 e. The van der Waals surface area contributed by atoms with Crippen molar-refractivity contribution in [1.29, 1.82) is 0 Å². The van der Waals surface area contributed by atoms with Crippen LogP contribution in [0.15, 0.2) is 18.2 Å². The van der Waals surface area contributed by atoms with Crippen LogP contribution in [0.25, 0.3) is 0 Å². The number of aliphatic hydroxyl groups excluding tert-OH is 3. The summed E-state index contributed by atoms with van der Waals surface area (Å²) in [6.07, 6.45) is -1.42. The molecule has 0 saturated carbocycles. The molecule has 0 heterocycles. The first-order valence-electron chi connectivity index (χ1n) is 4.91. The van der Waals surface area contributed by atoms with Crippen LogP contribution in [0, 0.1) is 0 Å². The van der Waals surface area contributed by atoms with Gasteiger partial charge in [-0.05, 0) is 29.7 Å². The Kier molecular flexibility index (Phi) is 5.72. The molecule has 90 valence electrons. The number of hydrogen-bond donors (Lipinski definition) is 3. The fraction of sp³-hybridized carbons (Fsp3) is 0.455. The predicted molar refractivity (Wildman–Crippen MR) is 66.8 cm³/mol. The highest BCUT2D eigenvalue weighted by molar-refractivity contribution is 9.09. The van der Waals surface area contributed by atoms with Gasteiger partial charge < -0.3 is 15.3 Å². The summed E-state index contributed by atoms with van der Waals surface area (Å²) in [5.41, 5.74) is 1.05. The van der Waals surface area contributed by atoms with Crippen molar-refractivity contribution in [1.82, 2.24) is 0 Å². The number of aliphatic hydroxyl groups is 3. The van der Waals surface area contributed by atoms with Crippen molar-refractivity contribution in [3.63, 3.8) is 0 Å². The van der Waals surface area contributed by atoms with Gasteiger partial charge in [-0.1, -0.05) is 33.6 Å². The quantitative estimate of drug-likeness (QED) is 0.729. The lowest BCUT2D eigenvalue weighted by atomic mass is 9.98. The topological polar surface area (TPSA) is 60.7 Å². The highest BCUT2D eigenvalue weighted by Crippen LogP contribution is 2.25. The highest BCUT2D eigenvalue weighted by atomic mass is 79.9. The lowest BCUT2D eigenvalue weighted by Gasteiger charge is -2.19. The molecule has 0 fully saturated rings. The van der Waals surface area contributed by atoms with E-state index in [1.54, 1.807) is 18.2 Å². The van der Waals surface area contributed by atoms with Crippen molar-refractivity contribution in [3.05, 3.63) is 34.3 Å². The maximum atomic E-state index is 9.90. The molecule has 5 heteroatoms. The second-order valence-electron chi connectivity index (χ2n) is 3.49. The molecule has 0 aromatic heterocycles. The van der Waals surface area contributed by atoms with Crippen molar-refractivity contribution in [2.45, 2.75) is 25.2 Å². The van der Waals surface area contributed by atoms with Gasteiger partial charge in [0.05, 0.1) is 12.7 Å². The van der Waals surface area contributed by atoms with E-state index in [4.69, 9.17) is 16.7 Å². The van der Waals surface area contributed by atoms with Gasteiger partial charge in [0.2, 0.25) is 0 Å². The highest BCUT2D eigenvalue weighted by Gasteiger charge is 2.20. The summed E-state index contributed by atoms with van der Waals surface area (Å²) in [7, 11) is 0. The van der Waals surface area contributed by atoms with E-state index in [-0.39, 0.29) is 6.61 Å². The van der Waals surface area contributed by atoms with E-state index in [1.807, 2.05) is 0 Å². The van der Waals surface area contributed by atoms with E-state index >= 15 is 0 Å². The first kappa shape index (κ1) is 13.9. The van der Waals surface area contributed by atoms with Crippen LogP contribution in [-0.4, -0.2) is 26.8 Å². The number of hydrogen-bond acceptors (Lipinski definition) is 3. The maximum Gasteiger partial charge on any atom is 0.105 e. The summed E-state index contributed by atoms with van der Waals surface area (Å²) < 4.78 is 0. The normalized spacial score (nSPS) is 14.8. The smallest absolute Gasteiger partial charge is 0.105 e. The summed E-state index contributed by atoms with van der Waals surface area (Å²) >= 11 is 8.97. The summed E-state index contributed by atoms with van der Waals surface area (Å²) in [5.74, 6) is 0. The van der Waals surface area contributed by atoms with Crippen molar-refractivity contribution in [2.75, 3.05) is 5.33 Å². The fourth-order valence-corrected chi connectivity index (χ4v) is 2.14. The molecular weight excluding hydrogens is 295 g/mol. The van der Waals surface area contributed by atoms with E-state index < -0.39 is 12.2 Å². The Bertz CT molecular complexity index is 346. The lowest BCUT2D eigenvalue weighted by Crippen LogP contribution is -2.20. The van der Waals surface area contributed by atoms with Crippen LogP contribution in [-0.2, 0) is 6.61 Å². The first-order chi connectivity index (χ1) is 7.60. The molecule has 0 amide bonds. The molecule has 1 rings (SSSR count). The van der Waals surface area contributed by atoms with Crippen LogP contribution < -0.4 is 0 Å². The van der Waals surface area contributed by atoms with Crippen molar-refractivity contribution in [2.24, 2.45) is 0 Å². The second kappa shape index (κ2) is 6.57.